The van der Waals surface area contributed by atoms with Crippen molar-refractivity contribution in [2.75, 3.05) is 19.3 Å². The molecule has 42 heavy (non-hydrogen) atoms. The molecule has 0 aromatic carbocycles. The molecule has 1 fully saturated rings. The van der Waals surface area contributed by atoms with Crippen LogP contribution in [0.3, 0.4) is 0 Å². The zero-order valence-corrected chi connectivity index (χ0v) is 24.7. The van der Waals surface area contributed by atoms with E-state index in [1.807, 2.05) is 38.2 Å². The van der Waals surface area contributed by atoms with Gasteiger partial charge in [-0.25, -0.2) is 9.37 Å². The van der Waals surface area contributed by atoms with Crippen molar-refractivity contribution in [1.29, 1.82) is 5.26 Å². The fraction of sp³-hybridized carbons (Fsp3) is 0.500. The zero-order valence-electron chi connectivity index (χ0n) is 23.9. The van der Waals surface area contributed by atoms with Gasteiger partial charge in [0.1, 0.15) is 29.0 Å². The normalized spacial score (nSPS) is 24.4. The maximum Gasteiger partial charge on any atom is 0.217 e. The van der Waals surface area contributed by atoms with Crippen molar-refractivity contribution in [3.63, 3.8) is 0 Å². The molecule has 2 N–H and O–H groups in total. The summed E-state index contributed by atoms with van der Waals surface area (Å²) in [5, 5.41) is 19.7. The Morgan fingerprint density at radius 2 is 2.05 bits per heavy atom. The van der Waals surface area contributed by atoms with Gasteiger partial charge in [0.25, 0.3) is 0 Å². The van der Waals surface area contributed by atoms with Gasteiger partial charge < -0.3 is 15.0 Å². The Balaban J connectivity index is 1.32. The standard InChI is InChI=1S/C30H33FN8O2S/c1-16(22-12-17(31)15-38(22)2)40-24-13-21(20-8-11-39(3)36-20)34-29(35-24)26-18-6-4-9-30(27(18)41-37-26)10-5-7-23-25(30)19(14-32)28(33)42-23/h8,11,13,16-17,22H,4-7,9-10,12,15,33H2,1-3H3/t16-,17-,22-,30-/m0/s1. The van der Waals surface area contributed by atoms with Crippen molar-refractivity contribution < 1.29 is 13.7 Å². The lowest BCUT2D eigenvalue weighted by atomic mass is 9.63. The van der Waals surface area contributed by atoms with E-state index in [1.54, 1.807) is 10.7 Å². The van der Waals surface area contributed by atoms with Gasteiger partial charge in [-0.3, -0.25) is 9.58 Å². The van der Waals surface area contributed by atoms with E-state index in [1.165, 1.54) is 16.2 Å². The van der Waals surface area contributed by atoms with Crippen molar-refractivity contribution in [2.45, 2.75) is 75.6 Å². The highest BCUT2D eigenvalue weighted by atomic mass is 32.1. The van der Waals surface area contributed by atoms with Crippen LogP contribution in [0.4, 0.5) is 9.39 Å². The molecule has 0 unspecified atom stereocenters. The number of alkyl halides is 1. The van der Waals surface area contributed by atoms with E-state index >= 15 is 0 Å². The SMILES string of the molecule is C[C@H](Oc1cc(-c2ccn(C)n2)nc(-c2noc3c2CCC[C@@]32CCCc3sc(N)c(C#N)c32)n1)[C@@H]1C[C@H](F)CN1C. The summed E-state index contributed by atoms with van der Waals surface area (Å²) >= 11 is 1.52. The summed E-state index contributed by atoms with van der Waals surface area (Å²) in [6, 6.07) is 5.97. The summed E-state index contributed by atoms with van der Waals surface area (Å²) in [5.74, 6) is 1.57. The number of rotatable bonds is 5. The van der Waals surface area contributed by atoms with Gasteiger partial charge in [0.05, 0.1) is 16.7 Å². The Morgan fingerprint density at radius 1 is 1.24 bits per heavy atom. The molecule has 7 rings (SSSR count). The zero-order chi connectivity index (χ0) is 29.2. The van der Waals surface area contributed by atoms with Crippen LogP contribution in [0.2, 0.25) is 0 Å². The third kappa shape index (κ3) is 4.29. The molecule has 0 saturated carbocycles. The predicted octanol–water partition coefficient (Wildman–Crippen LogP) is 4.82. The summed E-state index contributed by atoms with van der Waals surface area (Å²) in [7, 11) is 3.77. The first-order valence-corrected chi connectivity index (χ1v) is 15.3. The number of likely N-dealkylation sites (tertiary alicyclic amines) is 1. The lowest BCUT2D eigenvalue weighted by Gasteiger charge is -2.39. The van der Waals surface area contributed by atoms with Crippen LogP contribution in [0.25, 0.3) is 22.9 Å². The number of thiophene rings is 1. The molecule has 2 aliphatic carbocycles. The Labute approximate surface area is 247 Å². The first-order valence-electron chi connectivity index (χ1n) is 14.5. The lowest BCUT2D eigenvalue weighted by Crippen LogP contribution is -2.38. The number of likely N-dealkylation sites (N-methyl/N-ethyl adjacent to an activating group) is 1. The summed E-state index contributed by atoms with van der Waals surface area (Å²) < 4.78 is 28.4. The number of hydrogen-bond acceptors (Lipinski definition) is 10. The molecule has 5 heterocycles. The number of aryl methyl sites for hydroxylation is 2. The number of fused-ring (bicyclic) bond motifs is 4. The van der Waals surface area contributed by atoms with Gasteiger partial charge in [-0.2, -0.15) is 15.3 Å². The number of ether oxygens (including phenoxy) is 1. The van der Waals surface area contributed by atoms with Crippen LogP contribution < -0.4 is 10.5 Å². The van der Waals surface area contributed by atoms with Crippen LogP contribution in [0.1, 0.15) is 66.4 Å². The molecule has 3 aliphatic rings. The molecule has 4 aromatic rings. The van der Waals surface area contributed by atoms with E-state index in [4.69, 9.17) is 25.0 Å². The third-order valence-electron chi connectivity index (χ3n) is 9.15. The number of nitrogens with two attached hydrogens (primary N) is 1. The molecule has 1 saturated heterocycles. The monoisotopic (exact) mass is 588 g/mol. The van der Waals surface area contributed by atoms with E-state index in [0.717, 1.165) is 55.4 Å². The Hall–Kier alpha value is -3.82. The molecule has 218 valence electrons. The van der Waals surface area contributed by atoms with Gasteiger partial charge in [0.2, 0.25) is 5.88 Å². The van der Waals surface area contributed by atoms with Gasteiger partial charge in [-0.1, -0.05) is 5.16 Å². The van der Waals surface area contributed by atoms with Crippen LogP contribution >= 0.6 is 11.3 Å². The molecule has 4 aromatic heterocycles. The molecular weight excluding hydrogens is 555 g/mol. The molecule has 0 bridgehead atoms. The fourth-order valence-corrected chi connectivity index (χ4v) is 8.44. The second kappa shape index (κ2) is 10.2. The third-order valence-corrected chi connectivity index (χ3v) is 10.2. The minimum atomic E-state index is -0.870. The number of nitrogen functional groups attached to an aromatic ring is 1. The molecule has 4 atom stereocenters. The molecule has 0 amide bonds. The smallest absolute Gasteiger partial charge is 0.217 e. The van der Waals surface area contributed by atoms with Crippen molar-refractivity contribution in [2.24, 2.45) is 7.05 Å². The summed E-state index contributed by atoms with van der Waals surface area (Å²) in [6.07, 6.45) is 6.44. The van der Waals surface area contributed by atoms with Gasteiger partial charge in [0, 0.05) is 42.3 Å². The van der Waals surface area contributed by atoms with Gasteiger partial charge >= 0.3 is 0 Å². The average Bonchev–Trinajstić information content (AvgIpc) is 3.74. The first-order chi connectivity index (χ1) is 20.3. The minimum Gasteiger partial charge on any atom is -0.473 e. The topological polar surface area (TPSA) is 132 Å². The first kappa shape index (κ1) is 27.0. The van der Waals surface area contributed by atoms with Crippen molar-refractivity contribution in [3.8, 4) is 34.9 Å². The summed E-state index contributed by atoms with van der Waals surface area (Å²) in [4.78, 5) is 12.9. The van der Waals surface area contributed by atoms with Crippen molar-refractivity contribution in [3.05, 3.63) is 45.7 Å². The number of nitriles is 1. The largest absolute Gasteiger partial charge is 0.473 e. The van der Waals surface area contributed by atoms with Crippen molar-refractivity contribution >= 4 is 16.3 Å². The molecule has 10 nitrogen and oxygen atoms in total. The maximum absolute atomic E-state index is 14.1. The number of anilines is 1. The van der Waals surface area contributed by atoms with E-state index in [9.17, 15) is 9.65 Å². The maximum atomic E-state index is 14.1. The van der Waals surface area contributed by atoms with Gasteiger partial charge in [0.15, 0.2) is 17.3 Å². The number of halogens is 1. The van der Waals surface area contributed by atoms with Gasteiger partial charge in [-0.05, 0) is 70.5 Å². The Morgan fingerprint density at radius 3 is 2.76 bits per heavy atom. The van der Waals surface area contributed by atoms with Crippen LogP contribution in [-0.2, 0) is 25.3 Å². The van der Waals surface area contributed by atoms with E-state index in [0.29, 0.717) is 52.3 Å². The van der Waals surface area contributed by atoms with Crippen LogP contribution in [0.15, 0.2) is 22.9 Å². The summed E-state index contributed by atoms with van der Waals surface area (Å²) in [5.41, 5.74) is 10.3. The van der Waals surface area contributed by atoms with E-state index in [-0.39, 0.29) is 12.1 Å². The van der Waals surface area contributed by atoms with Crippen LogP contribution in [0.5, 0.6) is 5.88 Å². The molecule has 1 aliphatic heterocycles. The average molecular weight is 589 g/mol. The fourth-order valence-electron chi connectivity index (χ4n) is 7.27. The minimum absolute atomic E-state index is 0.0655. The number of hydrogen-bond donors (Lipinski definition) is 1. The van der Waals surface area contributed by atoms with Crippen molar-refractivity contribution in [1.82, 2.24) is 29.8 Å². The predicted molar refractivity (Wildman–Crippen MR) is 156 cm³/mol. The van der Waals surface area contributed by atoms with Crippen LogP contribution in [-0.4, -0.2) is 61.7 Å². The molecule has 12 heteroatoms. The lowest BCUT2D eigenvalue weighted by molar-refractivity contribution is 0.117. The van der Waals surface area contributed by atoms with Gasteiger partial charge in [-0.15, -0.1) is 11.3 Å². The Kier molecular flexibility index (Phi) is 6.55. The quantitative estimate of drug-likeness (QED) is 0.349. The number of nitrogens with zero attached hydrogens (tertiary/aromatic N) is 7. The number of aromatic nitrogens is 5. The second-order valence-electron chi connectivity index (χ2n) is 11.8. The van der Waals surface area contributed by atoms with E-state index < -0.39 is 11.6 Å². The summed E-state index contributed by atoms with van der Waals surface area (Å²) in [6.45, 7) is 2.34. The highest BCUT2D eigenvalue weighted by molar-refractivity contribution is 7.16. The van der Waals surface area contributed by atoms with Crippen LogP contribution in [0, 0.1) is 11.3 Å². The van der Waals surface area contributed by atoms with E-state index in [2.05, 4.69) is 16.3 Å². The second-order valence-corrected chi connectivity index (χ2v) is 13.0. The highest BCUT2D eigenvalue weighted by Gasteiger charge is 2.49. The Bertz CT molecular complexity index is 1700. The highest BCUT2D eigenvalue weighted by Crippen LogP contribution is 2.55. The molecule has 0 radical (unpaired) electrons. The molecule has 1 spiro atoms. The molecular formula is C30H33FN8O2S.